The summed E-state index contributed by atoms with van der Waals surface area (Å²) in [6.45, 7) is 0.469. The fourth-order valence-corrected chi connectivity index (χ4v) is 5.47. The molecule has 1 aliphatic rings. The summed E-state index contributed by atoms with van der Waals surface area (Å²) in [6, 6.07) is 18.8. The van der Waals surface area contributed by atoms with Crippen molar-refractivity contribution in [2.24, 2.45) is 0 Å². The van der Waals surface area contributed by atoms with Crippen LogP contribution < -0.4 is 10.1 Å². The van der Waals surface area contributed by atoms with Gasteiger partial charge in [-0.15, -0.1) is 0 Å². The molecule has 8 heteroatoms. The van der Waals surface area contributed by atoms with Crippen molar-refractivity contribution >= 4 is 15.7 Å². The molecule has 3 aromatic rings. The SMILES string of the molecule is COc1ccc(CCNC(=O)c2cc(-c3ccccc3)n(C3CCS(=O)(=O)C3)n2)cc1. The highest BCUT2D eigenvalue weighted by Gasteiger charge is 2.32. The van der Waals surface area contributed by atoms with Gasteiger partial charge in [-0.05, 0) is 42.2 Å². The summed E-state index contributed by atoms with van der Waals surface area (Å²) in [6.07, 6.45) is 1.19. The van der Waals surface area contributed by atoms with E-state index in [1.807, 2.05) is 54.6 Å². The van der Waals surface area contributed by atoms with E-state index >= 15 is 0 Å². The molecular formula is C23H25N3O4S. The van der Waals surface area contributed by atoms with Gasteiger partial charge in [0.15, 0.2) is 15.5 Å². The summed E-state index contributed by atoms with van der Waals surface area (Å²) >= 11 is 0. The second kappa shape index (κ2) is 8.93. The lowest BCUT2D eigenvalue weighted by Gasteiger charge is -2.13. The van der Waals surface area contributed by atoms with Gasteiger partial charge in [0.1, 0.15) is 5.75 Å². The molecule has 1 aromatic heterocycles. The van der Waals surface area contributed by atoms with Crippen LogP contribution >= 0.6 is 0 Å². The minimum atomic E-state index is -3.07. The van der Waals surface area contributed by atoms with Crippen LogP contribution in [-0.2, 0) is 16.3 Å². The lowest BCUT2D eigenvalue weighted by molar-refractivity contribution is 0.0948. The van der Waals surface area contributed by atoms with Gasteiger partial charge in [0.05, 0.1) is 30.4 Å². The largest absolute Gasteiger partial charge is 0.497 e. The van der Waals surface area contributed by atoms with Crippen LogP contribution in [0, 0.1) is 0 Å². The van der Waals surface area contributed by atoms with Crippen molar-refractivity contribution in [3.63, 3.8) is 0 Å². The van der Waals surface area contributed by atoms with E-state index in [1.165, 1.54) is 0 Å². The summed E-state index contributed by atoms with van der Waals surface area (Å²) in [5.74, 6) is 0.716. The third-order valence-corrected chi connectivity index (χ3v) is 7.20. The number of hydrogen-bond donors (Lipinski definition) is 1. The third kappa shape index (κ3) is 4.96. The number of ether oxygens (including phenoxy) is 1. The Hall–Kier alpha value is -3.13. The van der Waals surface area contributed by atoms with Gasteiger partial charge >= 0.3 is 0 Å². The predicted octanol–water partition coefficient (Wildman–Crippen LogP) is 2.89. The minimum Gasteiger partial charge on any atom is -0.497 e. The Balaban J connectivity index is 1.50. The highest BCUT2D eigenvalue weighted by atomic mass is 32.2. The second-order valence-electron chi connectivity index (χ2n) is 7.64. The highest BCUT2D eigenvalue weighted by Crippen LogP contribution is 2.30. The fourth-order valence-electron chi connectivity index (χ4n) is 3.78. The maximum Gasteiger partial charge on any atom is 0.271 e. The van der Waals surface area contributed by atoms with Crippen LogP contribution in [0.25, 0.3) is 11.3 Å². The van der Waals surface area contributed by atoms with Crippen LogP contribution in [0.2, 0.25) is 0 Å². The number of nitrogens with one attached hydrogen (secondary N) is 1. The van der Waals surface area contributed by atoms with Crippen LogP contribution in [0.5, 0.6) is 5.75 Å². The van der Waals surface area contributed by atoms with Crippen LogP contribution in [0.3, 0.4) is 0 Å². The molecule has 7 nitrogen and oxygen atoms in total. The summed E-state index contributed by atoms with van der Waals surface area (Å²) in [4.78, 5) is 12.7. The van der Waals surface area contributed by atoms with E-state index in [0.717, 1.165) is 22.6 Å². The first-order chi connectivity index (χ1) is 14.9. The van der Waals surface area contributed by atoms with E-state index in [-0.39, 0.29) is 29.1 Å². The molecule has 1 fully saturated rings. The number of aromatic nitrogens is 2. The van der Waals surface area contributed by atoms with Crippen LogP contribution in [0.1, 0.15) is 28.5 Å². The molecule has 1 amide bonds. The van der Waals surface area contributed by atoms with E-state index in [2.05, 4.69) is 10.4 Å². The van der Waals surface area contributed by atoms with Gasteiger partial charge in [-0.1, -0.05) is 42.5 Å². The molecule has 1 N–H and O–H groups in total. The van der Waals surface area contributed by atoms with E-state index in [1.54, 1.807) is 17.9 Å². The zero-order valence-corrected chi connectivity index (χ0v) is 18.1. The van der Waals surface area contributed by atoms with Crippen molar-refractivity contribution in [1.29, 1.82) is 0 Å². The molecule has 2 aromatic carbocycles. The van der Waals surface area contributed by atoms with E-state index in [0.29, 0.717) is 19.4 Å². The van der Waals surface area contributed by atoms with Crippen molar-refractivity contribution in [2.75, 3.05) is 25.2 Å². The number of hydrogen-bond acceptors (Lipinski definition) is 5. The number of carbonyl (C=O) groups excluding carboxylic acids is 1. The Morgan fingerprint density at radius 3 is 2.55 bits per heavy atom. The predicted molar refractivity (Wildman–Crippen MR) is 119 cm³/mol. The first kappa shape index (κ1) is 21.1. The molecule has 0 radical (unpaired) electrons. The van der Waals surface area contributed by atoms with Gasteiger partial charge < -0.3 is 10.1 Å². The minimum absolute atomic E-state index is 0.0487. The maximum absolute atomic E-state index is 12.7. The van der Waals surface area contributed by atoms with Crippen LogP contribution in [0.15, 0.2) is 60.7 Å². The first-order valence-corrected chi connectivity index (χ1v) is 12.0. The monoisotopic (exact) mass is 439 g/mol. The van der Waals surface area contributed by atoms with E-state index in [4.69, 9.17) is 4.74 Å². The molecule has 1 saturated heterocycles. The molecule has 1 atom stereocenters. The van der Waals surface area contributed by atoms with Gasteiger partial charge in [-0.25, -0.2) is 8.42 Å². The standard InChI is InChI=1S/C23H25N3O4S/c1-30-20-9-7-17(8-10-20)11-13-24-23(27)21-15-22(18-5-3-2-4-6-18)26(25-21)19-12-14-31(28,29)16-19/h2-10,15,19H,11-14,16H2,1H3,(H,24,27). The van der Waals surface area contributed by atoms with Crippen LogP contribution in [0.4, 0.5) is 0 Å². The van der Waals surface area contributed by atoms with Crippen molar-refractivity contribution in [3.05, 3.63) is 71.9 Å². The molecule has 2 heterocycles. The van der Waals surface area contributed by atoms with Crippen molar-refractivity contribution in [3.8, 4) is 17.0 Å². The van der Waals surface area contributed by atoms with Gasteiger partial charge in [-0.3, -0.25) is 9.48 Å². The first-order valence-electron chi connectivity index (χ1n) is 10.2. The Labute approximate surface area is 182 Å². The number of carbonyl (C=O) groups is 1. The maximum atomic E-state index is 12.7. The molecule has 4 rings (SSSR count). The number of rotatable bonds is 7. The lowest BCUT2D eigenvalue weighted by Crippen LogP contribution is -2.26. The molecule has 0 saturated carbocycles. The number of methoxy groups -OCH3 is 1. The zero-order valence-electron chi connectivity index (χ0n) is 17.3. The summed E-state index contributed by atoms with van der Waals surface area (Å²) in [5.41, 5.74) is 3.03. The molecule has 162 valence electrons. The van der Waals surface area contributed by atoms with Gasteiger partial charge in [0.2, 0.25) is 0 Å². The third-order valence-electron chi connectivity index (χ3n) is 5.45. The molecule has 1 unspecified atom stereocenters. The van der Waals surface area contributed by atoms with E-state index in [9.17, 15) is 13.2 Å². The Morgan fingerprint density at radius 2 is 1.90 bits per heavy atom. The average Bonchev–Trinajstić information content (AvgIpc) is 3.38. The van der Waals surface area contributed by atoms with Gasteiger partial charge in [0.25, 0.3) is 5.91 Å². The van der Waals surface area contributed by atoms with Crippen molar-refractivity contribution in [2.45, 2.75) is 18.9 Å². The van der Waals surface area contributed by atoms with Gasteiger partial charge in [0, 0.05) is 6.54 Å². The molecular weight excluding hydrogens is 414 g/mol. The molecule has 1 aliphatic heterocycles. The van der Waals surface area contributed by atoms with Gasteiger partial charge in [-0.2, -0.15) is 5.10 Å². The van der Waals surface area contributed by atoms with Crippen molar-refractivity contribution < 1.29 is 17.9 Å². The lowest BCUT2D eigenvalue weighted by atomic mass is 10.1. The number of amides is 1. The van der Waals surface area contributed by atoms with Crippen LogP contribution in [-0.4, -0.2) is 49.3 Å². The van der Waals surface area contributed by atoms with E-state index < -0.39 is 9.84 Å². The Kier molecular flexibility index (Phi) is 6.08. The Morgan fingerprint density at radius 1 is 1.16 bits per heavy atom. The number of sulfone groups is 1. The fraction of sp³-hybridized carbons (Fsp3) is 0.304. The number of nitrogens with zero attached hydrogens (tertiary/aromatic N) is 2. The normalized spacial score (nSPS) is 17.4. The molecule has 0 bridgehead atoms. The summed E-state index contributed by atoms with van der Waals surface area (Å²) in [7, 11) is -1.45. The molecule has 0 spiro atoms. The Bertz CT molecular complexity index is 1160. The average molecular weight is 440 g/mol. The second-order valence-corrected chi connectivity index (χ2v) is 9.86. The molecule has 0 aliphatic carbocycles. The summed E-state index contributed by atoms with van der Waals surface area (Å²) in [5, 5.41) is 7.42. The highest BCUT2D eigenvalue weighted by molar-refractivity contribution is 7.91. The molecule has 31 heavy (non-hydrogen) atoms. The van der Waals surface area contributed by atoms with Crippen molar-refractivity contribution in [1.82, 2.24) is 15.1 Å². The quantitative estimate of drug-likeness (QED) is 0.611. The smallest absolute Gasteiger partial charge is 0.271 e. The number of benzene rings is 2. The zero-order chi connectivity index (χ0) is 21.8. The summed E-state index contributed by atoms with van der Waals surface area (Å²) < 4.78 is 30.8. The topological polar surface area (TPSA) is 90.3 Å².